The average molecular weight is 416 g/mol. The molecular formula is C11H3Br2F3O2S. The van der Waals surface area contributed by atoms with E-state index in [0.717, 1.165) is 0 Å². The Morgan fingerprint density at radius 1 is 1.00 bits per heavy atom. The molecule has 0 aromatic heterocycles. The topological polar surface area (TPSA) is 34.1 Å². The number of alkyl halides is 3. The van der Waals surface area contributed by atoms with E-state index in [4.69, 9.17) is 0 Å². The number of allylic oxidation sites excluding steroid dienone is 2. The number of ketones is 2. The quantitative estimate of drug-likeness (QED) is 0.667. The minimum atomic E-state index is -4.63. The standard InChI is InChI=1S/C11H3Br2F3O2S/c12-4-1-2-5-6(3-4)9(18)10(7(13)8(5)17)19-11(14,15)16/h1-3H. The Kier molecular flexibility index (Phi) is 3.95. The lowest BCUT2D eigenvalue weighted by Gasteiger charge is -2.18. The second kappa shape index (κ2) is 5.06. The second-order valence-corrected chi connectivity index (χ2v) is 6.32. The largest absolute Gasteiger partial charge is 0.446 e. The highest BCUT2D eigenvalue weighted by Gasteiger charge is 2.39. The van der Waals surface area contributed by atoms with Crippen molar-refractivity contribution in [3.05, 3.63) is 43.2 Å². The van der Waals surface area contributed by atoms with Crippen LogP contribution < -0.4 is 0 Å². The molecule has 0 aliphatic heterocycles. The van der Waals surface area contributed by atoms with Gasteiger partial charge in [-0.2, -0.15) is 13.2 Å². The van der Waals surface area contributed by atoms with Crippen LogP contribution in [0.15, 0.2) is 32.1 Å². The van der Waals surface area contributed by atoms with Gasteiger partial charge in [-0.3, -0.25) is 9.59 Å². The molecule has 1 aliphatic rings. The third-order valence-corrected chi connectivity index (χ3v) is 4.63. The minimum absolute atomic E-state index is 0.0330. The number of rotatable bonds is 1. The summed E-state index contributed by atoms with van der Waals surface area (Å²) in [6.45, 7) is 0. The van der Waals surface area contributed by atoms with Gasteiger partial charge in [-0.05, 0) is 45.9 Å². The predicted molar refractivity (Wildman–Crippen MR) is 72.4 cm³/mol. The first kappa shape index (κ1) is 14.8. The Balaban J connectivity index is 2.56. The van der Waals surface area contributed by atoms with Crippen molar-refractivity contribution in [3.8, 4) is 0 Å². The molecule has 0 heterocycles. The molecule has 0 radical (unpaired) electrons. The van der Waals surface area contributed by atoms with Crippen molar-refractivity contribution in [2.24, 2.45) is 0 Å². The molecule has 0 fully saturated rings. The maximum atomic E-state index is 12.4. The van der Waals surface area contributed by atoms with E-state index in [1.165, 1.54) is 12.1 Å². The van der Waals surface area contributed by atoms with Crippen molar-refractivity contribution in [2.75, 3.05) is 0 Å². The van der Waals surface area contributed by atoms with E-state index in [1.54, 1.807) is 6.07 Å². The molecule has 19 heavy (non-hydrogen) atoms. The number of benzene rings is 1. The molecule has 0 N–H and O–H groups in total. The highest BCUT2D eigenvalue weighted by molar-refractivity contribution is 9.12. The maximum Gasteiger partial charge on any atom is 0.446 e. The van der Waals surface area contributed by atoms with Crippen molar-refractivity contribution in [1.82, 2.24) is 0 Å². The van der Waals surface area contributed by atoms with Gasteiger partial charge in [-0.25, -0.2) is 0 Å². The monoisotopic (exact) mass is 414 g/mol. The summed E-state index contributed by atoms with van der Waals surface area (Å²) >= 11 is 5.31. The van der Waals surface area contributed by atoms with Crippen molar-refractivity contribution < 1.29 is 22.8 Å². The van der Waals surface area contributed by atoms with Crippen molar-refractivity contribution in [3.63, 3.8) is 0 Å². The van der Waals surface area contributed by atoms with E-state index in [0.29, 0.717) is 4.47 Å². The van der Waals surface area contributed by atoms with Crippen LogP contribution in [0.4, 0.5) is 13.2 Å². The molecule has 1 aromatic carbocycles. The van der Waals surface area contributed by atoms with Crippen LogP contribution in [0.1, 0.15) is 20.7 Å². The molecule has 0 bridgehead atoms. The van der Waals surface area contributed by atoms with Crippen LogP contribution in [0.5, 0.6) is 0 Å². The van der Waals surface area contributed by atoms with E-state index in [2.05, 4.69) is 31.9 Å². The lowest BCUT2D eigenvalue weighted by Crippen LogP contribution is -2.20. The van der Waals surface area contributed by atoms with Crippen LogP contribution in [-0.2, 0) is 0 Å². The van der Waals surface area contributed by atoms with Crippen LogP contribution in [-0.4, -0.2) is 17.1 Å². The molecule has 0 unspecified atom stereocenters. The van der Waals surface area contributed by atoms with Crippen LogP contribution in [0, 0.1) is 0 Å². The van der Waals surface area contributed by atoms with Crippen LogP contribution in [0.3, 0.4) is 0 Å². The second-order valence-electron chi connectivity index (χ2n) is 3.54. The Morgan fingerprint density at radius 3 is 2.21 bits per heavy atom. The first-order valence-corrected chi connectivity index (χ1v) is 7.15. The molecule has 2 rings (SSSR count). The number of thioether (sulfide) groups is 1. The zero-order valence-corrected chi connectivity index (χ0v) is 12.8. The number of carbonyl (C=O) groups is 2. The van der Waals surface area contributed by atoms with Gasteiger partial charge < -0.3 is 0 Å². The van der Waals surface area contributed by atoms with Gasteiger partial charge in [0.1, 0.15) is 0 Å². The number of carbonyl (C=O) groups excluding carboxylic acids is 2. The Morgan fingerprint density at radius 2 is 1.63 bits per heavy atom. The molecule has 100 valence electrons. The van der Waals surface area contributed by atoms with E-state index in [-0.39, 0.29) is 15.6 Å². The van der Waals surface area contributed by atoms with Gasteiger partial charge in [0.05, 0.1) is 9.39 Å². The summed E-state index contributed by atoms with van der Waals surface area (Å²) in [4.78, 5) is 23.3. The number of halogens is 5. The van der Waals surface area contributed by atoms with Gasteiger partial charge in [0.15, 0.2) is 0 Å². The molecule has 1 aromatic rings. The lowest BCUT2D eigenvalue weighted by atomic mass is 9.95. The smallest absolute Gasteiger partial charge is 0.288 e. The van der Waals surface area contributed by atoms with Crippen molar-refractivity contribution >= 4 is 55.2 Å². The number of hydrogen-bond acceptors (Lipinski definition) is 3. The van der Waals surface area contributed by atoms with Gasteiger partial charge in [0.2, 0.25) is 11.6 Å². The molecule has 0 saturated heterocycles. The summed E-state index contributed by atoms with van der Waals surface area (Å²) in [6, 6.07) is 4.29. The van der Waals surface area contributed by atoms with E-state index < -0.39 is 33.7 Å². The fraction of sp³-hybridized carbons (Fsp3) is 0.0909. The fourth-order valence-electron chi connectivity index (χ4n) is 1.55. The molecular weight excluding hydrogens is 413 g/mol. The number of Topliss-reactive ketones (excluding diaryl/α,β-unsaturated/α-hetero) is 2. The summed E-state index contributed by atoms with van der Waals surface area (Å²) < 4.78 is 37.4. The van der Waals surface area contributed by atoms with Gasteiger partial charge >= 0.3 is 5.51 Å². The fourth-order valence-corrected chi connectivity index (χ4v) is 3.17. The van der Waals surface area contributed by atoms with E-state index in [9.17, 15) is 22.8 Å². The van der Waals surface area contributed by atoms with E-state index in [1.807, 2.05) is 0 Å². The highest BCUT2D eigenvalue weighted by Crippen LogP contribution is 2.43. The molecule has 0 saturated carbocycles. The predicted octanol–water partition coefficient (Wildman–Crippen LogP) is 4.69. The number of hydrogen-bond donors (Lipinski definition) is 0. The zero-order valence-electron chi connectivity index (χ0n) is 8.85. The molecule has 2 nitrogen and oxygen atoms in total. The normalized spacial score (nSPS) is 15.8. The van der Waals surface area contributed by atoms with Crippen LogP contribution >= 0.6 is 43.6 Å². The minimum Gasteiger partial charge on any atom is -0.288 e. The summed E-state index contributed by atoms with van der Waals surface area (Å²) in [5.74, 6) is -1.45. The van der Waals surface area contributed by atoms with Gasteiger partial charge in [0.25, 0.3) is 0 Å². The summed E-state index contributed by atoms with van der Waals surface area (Å²) in [6.07, 6.45) is 0. The molecule has 0 atom stereocenters. The first-order chi connectivity index (χ1) is 8.70. The third-order valence-electron chi connectivity index (χ3n) is 2.29. The Hall–Kier alpha value is -0.600. The van der Waals surface area contributed by atoms with Crippen molar-refractivity contribution in [1.29, 1.82) is 0 Å². The SMILES string of the molecule is O=C1C(Br)=C(SC(F)(F)F)C(=O)c2cc(Br)ccc21. The van der Waals surface area contributed by atoms with Crippen LogP contribution in [0.2, 0.25) is 0 Å². The number of fused-ring (bicyclic) bond motifs is 1. The van der Waals surface area contributed by atoms with Gasteiger partial charge in [0, 0.05) is 15.6 Å². The summed E-state index contributed by atoms with van der Waals surface area (Å²) in [5.41, 5.74) is -4.57. The lowest BCUT2D eigenvalue weighted by molar-refractivity contribution is -0.0322. The molecule has 8 heteroatoms. The van der Waals surface area contributed by atoms with Gasteiger partial charge in [-0.15, -0.1) is 0 Å². The highest BCUT2D eigenvalue weighted by atomic mass is 79.9. The molecule has 0 spiro atoms. The first-order valence-electron chi connectivity index (χ1n) is 4.75. The average Bonchev–Trinajstić information content (AvgIpc) is 2.30. The van der Waals surface area contributed by atoms with Gasteiger partial charge in [-0.1, -0.05) is 15.9 Å². The van der Waals surface area contributed by atoms with E-state index >= 15 is 0 Å². The summed E-state index contributed by atoms with van der Waals surface area (Å²) in [7, 11) is 0. The Bertz CT molecular complexity index is 623. The van der Waals surface area contributed by atoms with Crippen molar-refractivity contribution in [2.45, 2.75) is 5.51 Å². The third kappa shape index (κ3) is 2.95. The molecule has 1 aliphatic carbocycles. The van der Waals surface area contributed by atoms with Crippen LogP contribution in [0.25, 0.3) is 0 Å². The maximum absolute atomic E-state index is 12.4. The summed E-state index contributed by atoms with van der Waals surface area (Å²) in [5, 5.41) is 0. The zero-order chi connectivity index (χ0) is 14.4. The Labute approximate surface area is 126 Å². The molecule has 0 amide bonds.